The molecular formula is C27H52N2+2. The van der Waals surface area contributed by atoms with Gasteiger partial charge >= 0.3 is 0 Å². The first-order valence-electron chi connectivity index (χ1n) is 11.4. The summed E-state index contributed by atoms with van der Waals surface area (Å²) in [6, 6.07) is 5.03. The van der Waals surface area contributed by atoms with Gasteiger partial charge in [-0.05, 0) is 76.1 Å². The molecule has 0 unspecified atom stereocenters. The highest BCUT2D eigenvalue weighted by atomic mass is 15.4. The van der Waals surface area contributed by atoms with Gasteiger partial charge in [0, 0.05) is 11.1 Å². The van der Waals surface area contributed by atoms with E-state index in [1.54, 1.807) is 5.56 Å². The van der Waals surface area contributed by atoms with E-state index in [0.29, 0.717) is 5.92 Å². The summed E-state index contributed by atoms with van der Waals surface area (Å²) in [6.07, 6.45) is 0. The third kappa shape index (κ3) is 6.07. The molecule has 0 fully saturated rings. The second-order valence-electron chi connectivity index (χ2n) is 13.6. The highest BCUT2D eigenvalue weighted by Crippen LogP contribution is 2.36. The van der Waals surface area contributed by atoms with Crippen molar-refractivity contribution >= 4 is 0 Å². The van der Waals surface area contributed by atoms with Gasteiger partial charge in [-0.3, -0.25) is 0 Å². The molecule has 0 heterocycles. The first-order chi connectivity index (χ1) is 12.6. The molecule has 1 aromatic rings. The van der Waals surface area contributed by atoms with Crippen LogP contribution in [-0.4, -0.2) is 48.2 Å². The lowest BCUT2D eigenvalue weighted by atomic mass is 9.80. The first-order valence-corrected chi connectivity index (χ1v) is 11.4. The average Bonchev–Trinajstić information content (AvgIpc) is 2.41. The Morgan fingerprint density at radius 1 is 0.655 bits per heavy atom. The van der Waals surface area contributed by atoms with Gasteiger partial charge in [0.15, 0.2) is 0 Å². The van der Waals surface area contributed by atoms with E-state index in [9.17, 15) is 0 Å². The van der Waals surface area contributed by atoms with Crippen LogP contribution in [0.4, 0.5) is 0 Å². The molecule has 0 aromatic heterocycles. The van der Waals surface area contributed by atoms with Crippen molar-refractivity contribution in [2.75, 3.05) is 28.2 Å². The summed E-state index contributed by atoms with van der Waals surface area (Å²) < 4.78 is 1.97. The fourth-order valence-corrected chi connectivity index (χ4v) is 3.54. The van der Waals surface area contributed by atoms with Gasteiger partial charge in [0.25, 0.3) is 0 Å². The van der Waals surface area contributed by atoms with Crippen molar-refractivity contribution in [1.82, 2.24) is 0 Å². The van der Waals surface area contributed by atoms with Crippen LogP contribution in [-0.2, 0) is 18.5 Å². The minimum atomic E-state index is 0.150. The lowest BCUT2D eigenvalue weighted by Crippen LogP contribution is -2.54. The van der Waals surface area contributed by atoms with Crippen molar-refractivity contribution in [3.8, 4) is 0 Å². The predicted molar refractivity (Wildman–Crippen MR) is 130 cm³/mol. The molecule has 0 N–H and O–H groups in total. The minimum absolute atomic E-state index is 0.150. The monoisotopic (exact) mass is 404 g/mol. The van der Waals surface area contributed by atoms with Crippen LogP contribution in [0.1, 0.15) is 104 Å². The highest BCUT2D eigenvalue weighted by Gasteiger charge is 2.36. The molecule has 0 aliphatic carbocycles. The molecule has 0 bridgehead atoms. The molecule has 29 heavy (non-hydrogen) atoms. The molecule has 0 aliphatic rings. The second kappa shape index (κ2) is 8.00. The minimum Gasteiger partial charge on any atom is -0.321 e. The van der Waals surface area contributed by atoms with Gasteiger partial charge < -0.3 is 8.97 Å². The Morgan fingerprint density at radius 2 is 0.966 bits per heavy atom. The van der Waals surface area contributed by atoms with E-state index < -0.39 is 0 Å². The lowest BCUT2D eigenvalue weighted by Gasteiger charge is -2.45. The number of rotatable bonds is 5. The van der Waals surface area contributed by atoms with Gasteiger partial charge in [-0.2, -0.15) is 0 Å². The van der Waals surface area contributed by atoms with E-state index in [-0.39, 0.29) is 16.5 Å². The van der Waals surface area contributed by atoms with Gasteiger partial charge in [0.2, 0.25) is 0 Å². The molecule has 0 radical (unpaired) electrons. The van der Waals surface area contributed by atoms with E-state index in [1.165, 1.54) is 16.7 Å². The Morgan fingerprint density at radius 3 is 1.17 bits per heavy atom. The van der Waals surface area contributed by atoms with Crippen molar-refractivity contribution < 1.29 is 8.97 Å². The van der Waals surface area contributed by atoms with Crippen LogP contribution in [0.5, 0.6) is 0 Å². The number of quaternary nitrogens is 2. The number of nitrogens with zero attached hydrogens (tertiary/aromatic N) is 2. The fourth-order valence-electron chi connectivity index (χ4n) is 3.54. The molecule has 0 aliphatic heterocycles. The number of hydrogen-bond acceptors (Lipinski definition) is 0. The molecule has 0 saturated carbocycles. The van der Waals surface area contributed by atoms with Gasteiger partial charge in [0.05, 0.1) is 39.3 Å². The van der Waals surface area contributed by atoms with E-state index >= 15 is 0 Å². The second-order valence-corrected chi connectivity index (χ2v) is 13.6. The Hall–Kier alpha value is -0.860. The quantitative estimate of drug-likeness (QED) is 0.470. The maximum Gasteiger partial charge on any atom is 0.105 e. The van der Waals surface area contributed by atoms with Gasteiger partial charge in [-0.1, -0.05) is 34.6 Å². The zero-order valence-electron chi connectivity index (χ0n) is 22.5. The molecule has 0 amide bonds. The molecule has 0 saturated heterocycles. The normalized spacial score (nSPS) is 14.6. The van der Waals surface area contributed by atoms with Crippen LogP contribution in [0, 0.1) is 0 Å². The van der Waals surface area contributed by atoms with Crippen LogP contribution in [0.15, 0.2) is 12.1 Å². The molecule has 168 valence electrons. The predicted octanol–water partition coefficient (Wildman–Crippen LogP) is 6.86. The van der Waals surface area contributed by atoms with E-state index in [0.717, 1.165) is 22.1 Å². The summed E-state index contributed by atoms with van der Waals surface area (Å²) in [5, 5.41) is 0. The third-order valence-electron chi connectivity index (χ3n) is 7.56. The van der Waals surface area contributed by atoms with E-state index in [4.69, 9.17) is 0 Å². The summed E-state index contributed by atoms with van der Waals surface area (Å²) in [7, 11) is 9.51. The van der Waals surface area contributed by atoms with Crippen molar-refractivity contribution in [3.05, 3.63) is 34.4 Å². The summed E-state index contributed by atoms with van der Waals surface area (Å²) in [6.45, 7) is 28.1. The summed E-state index contributed by atoms with van der Waals surface area (Å²) in [5.41, 5.74) is 6.67. The van der Waals surface area contributed by atoms with Gasteiger partial charge in [-0.15, -0.1) is 0 Å². The molecule has 1 aromatic carbocycles. The van der Waals surface area contributed by atoms with Crippen LogP contribution < -0.4 is 0 Å². The summed E-state index contributed by atoms with van der Waals surface area (Å²) >= 11 is 0. The van der Waals surface area contributed by atoms with Crippen LogP contribution in [0.3, 0.4) is 0 Å². The van der Waals surface area contributed by atoms with Crippen molar-refractivity contribution in [2.45, 2.75) is 112 Å². The van der Waals surface area contributed by atoms with E-state index in [2.05, 4.69) is 116 Å². The first kappa shape index (κ1) is 26.2. The molecule has 0 atom stereocenters. The summed E-state index contributed by atoms with van der Waals surface area (Å²) in [5.74, 6) is 0.522. The standard InChI is InChI=1S/C27H52N2/c1-20(2)24-21(18-28(12,13)26(6,7)8)16-23(25(3,4)5)17-22(24)19-29(14,15)27(9,10)11/h16-17,20H,18-19H2,1-15H3/q+2. The van der Waals surface area contributed by atoms with Crippen LogP contribution >= 0.6 is 0 Å². The molecule has 2 nitrogen and oxygen atoms in total. The topological polar surface area (TPSA) is 0 Å². The van der Waals surface area contributed by atoms with Crippen molar-refractivity contribution in [1.29, 1.82) is 0 Å². The maximum absolute atomic E-state index is 2.52. The Balaban J connectivity index is 3.75. The number of benzene rings is 1. The van der Waals surface area contributed by atoms with Gasteiger partial charge in [-0.25, -0.2) is 0 Å². The SMILES string of the molecule is CC(C)c1c(C[N+](C)(C)C(C)(C)C)cc(C(C)(C)C)cc1C[N+](C)(C)C(C)(C)C. The fraction of sp³-hybridized carbons (Fsp3) is 0.778. The largest absolute Gasteiger partial charge is 0.321 e. The Bertz CT molecular complexity index is 653. The van der Waals surface area contributed by atoms with Crippen LogP contribution in [0.25, 0.3) is 0 Å². The zero-order valence-corrected chi connectivity index (χ0v) is 22.5. The third-order valence-corrected chi connectivity index (χ3v) is 7.56. The molecule has 0 spiro atoms. The maximum atomic E-state index is 2.52. The zero-order chi connectivity index (χ0) is 23.2. The van der Waals surface area contributed by atoms with E-state index in [1.807, 2.05) is 0 Å². The van der Waals surface area contributed by atoms with Crippen LogP contribution in [0.2, 0.25) is 0 Å². The van der Waals surface area contributed by atoms with Crippen molar-refractivity contribution in [3.63, 3.8) is 0 Å². The Kier molecular flexibility index (Phi) is 7.22. The highest BCUT2D eigenvalue weighted by molar-refractivity contribution is 5.43. The lowest BCUT2D eigenvalue weighted by molar-refractivity contribution is -0.948. The smallest absolute Gasteiger partial charge is 0.105 e. The number of hydrogen-bond donors (Lipinski definition) is 0. The van der Waals surface area contributed by atoms with Gasteiger partial charge in [0.1, 0.15) is 13.1 Å². The Labute approximate surface area is 183 Å². The molecule has 2 heteroatoms. The molecular weight excluding hydrogens is 352 g/mol. The summed E-state index contributed by atoms with van der Waals surface area (Å²) in [4.78, 5) is 0. The molecule has 1 rings (SSSR count). The average molecular weight is 405 g/mol. The van der Waals surface area contributed by atoms with Crippen molar-refractivity contribution in [2.24, 2.45) is 0 Å².